The average molecular weight is 121 g/mol. The summed E-state index contributed by atoms with van der Waals surface area (Å²) in [4.78, 5) is 0. The Morgan fingerprint density at radius 2 is 2.33 bits per heavy atom. The van der Waals surface area contributed by atoms with Crippen molar-refractivity contribution >= 4 is 0 Å². The van der Waals surface area contributed by atoms with Crippen molar-refractivity contribution in [1.82, 2.24) is 0 Å². The Balaban J connectivity index is 0.000000640. The van der Waals surface area contributed by atoms with Crippen LogP contribution in [-0.4, -0.2) is 24.8 Å². The molecule has 0 amide bonds. The maximum atomic E-state index is 8.63. The van der Waals surface area contributed by atoms with Gasteiger partial charge in [-0.2, -0.15) is 0 Å². The zero-order valence-corrected chi connectivity index (χ0v) is 6.01. The Kier molecular flexibility index (Phi) is 5.62. The van der Waals surface area contributed by atoms with E-state index in [2.05, 4.69) is 5.32 Å². The standard InChI is InChI=1S/C6H12NO.Li/c8-5-6-2-1-3-7-4-6;/h6,8H,1-5H2;/q-1;+1. The van der Waals surface area contributed by atoms with Crippen LogP contribution in [-0.2, 0) is 0 Å². The largest absolute Gasteiger partial charge is 1.00 e. The number of nitrogens with zero attached hydrogens (tertiary/aromatic N) is 1. The number of rotatable bonds is 1. The Labute approximate surface area is 68.2 Å². The normalized spacial score (nSPS) is 27.0. The van der Waals surface area contributed by atoms with Gasteiger partial charge in [-0.1, -0.05) is 12.8 Å². The number of piperidine rings is 1. The van der Waals surface area contributed by atoms with E-state index in [1.807, 2.05) is 0 Å². The van der Waals surface area contributed by atoms with Crippen molar-refractivity contribution in [3.8, 4) is 0 Å². The summed E-state index contributed by atoms with van der Waals surface area (Å²) < 4.78 is 0. The second-order valence-corrected chi connectivity index (χ2v) is 2.32. The molecule has 3 heteroatoms. The molecular formula is C6H12LiNO. The van der Waals surface area contributed by atoms with Gasteiger partial charge in [0.05, 0.1) is 0 Å². The van der Waals surface area contributed by atoms with Crippen LogP contribution in [0.5, 0.6) is 0 Å². The fourth-order valence-electron chi connectivity index (χ4n) is 1.01. The van der Waals surface area contributed by atoms with E-state index in [0.29, 0.717) is 12.5 Å². The van der Waals surface area contributed by atoms with Crippen molar-refractivity contribution < 1.29 is 24.0 Å². The SMILES string of the molecule is OCC1CCC[N-]C1.[Li+]. The molecule has 1 atom stereocenters. The van der Waals surface area contributed by atoms with Crippen LogP contribution in [0, 0.1) is 5.92 Å². The Morgan fingerprint density at radius 3 is 2.67 bits per heavy atom. The first-order valence-corrected chi connectivity index (χ1v) is 3.17. The van der Waals surface area contributed by atoms with Crippen LogP contribution in [0.1, 0.15) is 12.8 Å². The van der Waals surface area contributed by atoms with E-state index in [4.69, 9.17) is 5.11 Å². The summed E-state index contributed by atoms with van der Waals surface area (Å²) >= 11 is 0. The summed E-state index contributed by atoms with van der Waals surface area (Å²) in [5, 5.41) is 12.8. The van der Waals surface area contributed by atoms with Crippen molar-refractivity contribution in [3.63, 3.8) is 0 Å². The van der Waals surface area contributed by atoms with Gasteiger partial charge in [0.25, 0.3) is 0 Å². The van der Waals surface area contributed by atoms with Gasteiger partial charge in [0.1, 0.15) is 0 Å². The summed E-state index contributed by atoms with van der Waals surface area (Å²) in [5.41, 5.74) is 0. The van der Waals surface area contributed by atoms with Crippen LogP contribution in [0.4, 0.5) is 0 Å². The second-order valence-electron chi connectivity index (χ2n) is 2.32. The molecule has 0 bridgehead atoms. The number of hydrogen-bond acceptors (Lipinski definition) is 1. The number of aliphatic hydroxyl groups is 1. The number of hydrogen-bond donors (Lipinski definition) is 1. The van der Waals surface area contributed by atoms with E-state index in [1.54, 1.807) is 0 Å². The Morgan fingerprint density at radius 1 is 1.56 bits per heavy atom. The van der Waals surface area contributed by atoms with E-state index in [9.17, 15) is 0 Å². The molecule has 0 aliphatic carbocycles. The summed E-state index contributed by atoms with van der Waals surface area (Å²) in [6.45, 7) is 2.22. The summed E-state index contributed by atoms with van der Waals surface area (Å²) in [6.07, 6.45) is 2.34. The van der Waals surface area contributed by atoms with Crippen molar-refractivity contribution in [2.45, 2.75) is 12.8 Å². The molecule has 1 aliphatic rings. The fraction of sp³-hybridized carbons (Fsp3) is 1.00. The van der Waals surface area contributed by atoms with Gasteiger partial charge < -0.3 is 10.4 Å². The molecule has 1 fully saturated rings. The molecule has 0 radical (unpaired) electrons. The van der Waals surface area contributed by atoms with Gasteiger partial charge in [-0.25, -0.2) is 0 Å². The molecule has 0 aromatic carbocycles. The van der Waals surface area contributed by atoms with Crippen molar-refractivity contribution in [1.29, 1.82) is 0 Å². The minimum absolute atomic E-state index is 0. The van der Waals surface area contributed by atoms with Crippen LogP contribution in [0.15, 0.2) is 0 Å². The van der Waals surface area contributed by atoms with Gasteiger partial charge >= 0.3 is 18.9 Å². The van der Waals surface area contributed by atoms with Gasteiger partial charge in [0.15, 0.2) is 0 Å². The van der Waals surface area contributed by atoms with Crippen LogP contribution in [0.25, 0.3) is 5.32 Å². The molecule has 1 saturated heterocycles. The summed E-state index contributed by atoms with van der Waals surface area (Å²) in [6, 6.07) is 0. The molecule has 1 heterocycles. The molecule has 9 heavy (non-hydrogen) atoms. The monoisotopic (exact) mass is 121 g/mol. The third kappa shape index (κ3) is 3.27. The van der Waals surface area contributed by atoms with Gasteiger partial charge in [-0.05, 0) is 5.92 Å². The van der Waals surface area contributed by atoms with Gasteiger partial charge in [-0.3, -0.25) is 0 Å². The first-order chi connectivity index (χ1) is 3.93. The van der Waals surface area contributed by atoms with E-state index in [-0.39, 0.29) is 18.9 Å². The maximum absolute atomic E-state index is 8.63. The summed E-state index contributed by atoms with van der Waals surface area (Å²) in [5.74, 6) is 0.476. The minimum Gasteiger partial charge on any atom is -0.662 e. The van der Waals surface area contributed by atoms with Crippen molar-refractivity contribution in [3.05, 3.63) is 5.32 Å². The van der Waals surface area contributed by atoms with E-state index >= 15 is 0 Å². The Bertz CT molecular complexity index is 64.1. The molecule has 1 aliphatic heterocycles. The van der Waals surface area contributed by atoms with Crippen LogP contribution < -0.4 is 18.9 Å². The third-order valence-corrected chi connectivity index (χ3v) is 1.57. The minimum atomic E-state index is 0. The Hall–Kier alpha value is 0.517. The molecule has 0 aromatic rings. The third-order valence-electron chi connectivity index (χ3n) is 1.57. The first kappa shape index (κ1) is 9.52. The second kappa shape index (κ2) is 5.31. The molecular weight excluding hydrogens is 109 g/mol. The van der Waals surface area contributed by atoms with Gasteiger partial charge in [0.2, 0.25) is 0 Å². The van der Waals surface area contributed by atoms with E-state index < -0.39 is 0 Å². The van der Waals surface area contributed by atoms with Crippen LogP contribution in [0.3, 0.4) is 0 Å². The molecule has 2 nitrogen and oxygen atoms in total. The van der Waals surface area contributed by atoms with E-state index in [1.165, 1.54) is 12.8 Å². The number of aliphatic hydroxyl groups excluding tert-OH is 1. The van der Waals surface area contributed by atoms with Crippen LogP contribution >= 0.6 is 0 Å². The molecule has 1 unspecified atom stereocenters. The smallest absolute Gasteiger partial charge is 0.662 e. The molecule has 1 rings (SSSR count). The predicted molar refractivity (Wildman–Crippen MR) is 32.9 cm³/mol. The topological polar surface area (TPSA) is 34.3 Å². The van der Waals surface area contributed by atoms with Gasteiger partial charge in [-0.15, -0.1) is 13.1 Å². The van der Waals surface area contributed by atoms with E-state index in [0.717, 1.165) is 13.1 Å². The van der Waals surface area contributed by atoms with Gasteiger partial charge in [0, 0.05) is 6.61 Å². The fourth-order valence-corrected chi connectivity index (χ4v) is 1.01. The zero-order valence-electron chi connectivity index (χ0n) is 6.01. The predicted octanol–water partition coefficient (Wildman–Crippen LogP) is -2.23. The molecule has 48 valence electrons. The maximum Gasteiger partial charge on any atom is 1.00 e. The van der Waals surface area contributed by atoms with Crippen LogP contribution in [0.2, 0.25) is 0 Å². The average Bonchev–Trinajstić information content (AvgIpc) is 1.90. The molecule has 0 aromatic heterocycles. The zero-order chi connectivity index (χ0) is 5.82. The molecule has 1 N–H and O–H groups in total. The van der Waals surface area contributed by atoms with Crippen molar-refractivity contribution in [2.24, 2.45) is 5.92 Å². The molecule has 0 saturated carbocycles. The van der Waals surface area contributed by atoms with Crippen molar-refractivity contribution in [2.75, 3.05) is 19.7 Å². The quantitative estimate of drug-likeness (QED) is 0.391. The summed E-state index contributed by atoms with van der Waals surface area (Å²) in [7, 11) is 0. The molecule has 0 spiro atoms. The first-order valence-electron chi connectivity index (χ1n) is 3.17.